The van der Waals surface area contributed by atoms with Gasteiger partial charge in [0.25, 0.3) is 11.8 Å². The summed E-state index contributed by atoms with van der Waals surface area (Å²) in [5, 5.41) is 9.98. The number of carbonyl (C=O) groups is 3. The van der Waals surface area contributed by atoms with Crippen molar-refractivity contribution in [3.05, 3.63) is 90.1 Å². The summed E-state index contributed by atoms with van der Waals surface area (Å²) in [5.74, 6) is -2.15. The molecule has 5 rings (SSSR count). The predicted molar refractivity (Wildman–Crippen MR) is 137 cm³/mol. The number of aliphatic carboxylic acids is 1. The van der Waals surface area contributed by atoms with Crippen LogP contribution in [0.15, 0.2) is 73.1 Å². The van der Waals surface area contributed by atoms with Gasteiger partial charge in [-0.3, -0.25) is 9.59 Å². The molecule has 2 amide bonds. The van der Waals surface area contributed by atoms with E-state index < -0.39 is 12.1 Å². The number of hydrogen-bond donors (Lipinski definition) is 2. The van der Waals surface area contributed by atoms with Crippen LogP contribution in [0.25, 0.3) is 5.52 Å². The Morgan fingerprint density at radius 3 is 2.42 bits per heavy atom. The number of methoxy groups -OCH3 is 1. The lowest BCUT2D eigenvalue weighted by Crippen LogP contribution is -2.31. The number of amides is 2. The Morgan fingerprint density at radius 1 is 1.05 bits per heavy atom. The SMILES string of the molecule is COc1ncccc1NC(=O)c1nc(C2CCCN2C(=O)c2ccccc2)n2ccccc12.O=C(O)C(F)(F)F. The van der Waals surface area contributed by atoms with Gasteiger partial charge in [0.2, 0.25) is 5.88 Å². The number of halogens is 3. The van der Waals surface area contributed by atoms with Crippen molar-refractivity contribution in [1.29, 1.82) is 0 Å². The quantitative estimate of drug-likeness (QED) is 0.369. The molecule has 1 aromatic carbocycles. The van der Waals surface area contributed by atoms with Gasteiger partial charge >= 0.3 is 12.1 Å². The van der Waals surface area contributed by atoms with E-state index in [0.29, 0.717) is 35.0 Å². The third-order valence-corrected chi connectivity index (χ3v) is 6.08. The Morgan fingerprint density at radius 2 is 1.75 bits per heavy atom. The summed E-state index contributed by atoms with van der Waals surface area (Å²) in [5.41, 5.74) is 2.07. The number of alkyl halides is 3. The van der Waals surface area contributed by atoms with Gasteiger partial charge < -0.3 is 24.5 Å². The molecule has 208 valence electrons. The number of carbonyl (C=O) groups excluding carboxylic acids is 2. The molecule has 1 fully saturated rings. The maximum atomic E-state index is 13.2. The lowest BCUT2D eigenvalue weighted by Gasteiger charge is -2.24. The zero-order chi connectivity index (χ0) is 28.9. The molecule has 3 aromatic heterocycles. The third-order valence-electron chi connectivity index (χ3n) is 6.08. The first-order valence-corrected chi connectivity index (χ1v) is 12.0. The second-order valence-corrected chi connectivity index (χ2v) is 8.61. The molecule has 10 nitrogen and oxygen atoms in total. The highest BCUT2D eigenvalue weighted by Gasteiger charge is 2.38. The van der Waals surface area contributed by atoms with E-state index in [4.69, 9.17) is 19.6 Å². The van der Waals surface area contributed by atoms with Crippen LogP contribution in [-0.4, -0.2) is 62.0 Å². The first-order valence-electron chi connectivity index (χ1n) is 12.0. The molecule has 0 aliphatic carbocycles. The number of pyridine rings is 2. The molecule has 4 heterocycles. The largest absolute Gasteiger partial charge is 0.490 e. The molecule has 0 bridgehead atoms. The van der Waals surface area contributed by atoms with Gasteiger partial charge in [0.1, 0.15) is 11.5 Å². The average molecular weight is 556 g/mol. The fourth-order valence-electron chi connectivity index (χ4n) is 4.32. The second kappa shape index (κ2) is 11.8. The number of aromatic nitrogens is 3. The molecular formula is C27H24F3N5O5. The maximum Gasteiger partial charge on any atom is 0.490 e. The van der Waals surface area contributed by atoms with Gasteiger partial charge in [-0.05, 0) is 49.2 Å². The van der Waals surface area contributed by atoms with E-state index in [0.717, 1.165) is 12.8 Å². The Hall–Kier alpha value is -4.94. The number of nitrogens with one attached hydrogen (secondary N) is 1. The zero-order valence-electron chi connectivity index (χ0n) is 21.1. The van der Waals surface area contributed by atoms with E-state index >= 15 is 0 Å². The summed E-state index contributed by atoms with van der Waals surface area (Å²) in [4.78, 5) is 46.0. The fourth-order valence-corrected chi connectivity index (χ4v) is 4.32. The minimum absolute atomic E-state index is 0.0307. The number of anilines is 1. The summed E-state index contributed by atoms with van der Waals surface area (Å²) in [6, 6.07) is 18.1. The number of hydrogen-bond acceptors (Lipinski definition) is 6. The lowest BCUT2D eigenvalue weighted by molar-refractivity contribution is -0.192. The molecule has 2 N–H and O–H groups in total. The van der Waals surface area contributed by atoms with Crippen molar-refractivity contribution < 1.29 is 37.4 Å². The molecule has 40 heavy (non-hydrogen) atoms. The van der Waals surface area contributed by atoms with Crippen LogP contribution in [0.5, 0.6) is 5.88 Å². The summed E-state index contributed by atoms with van der Waals surface area (Å²) in [7, 11) is 1.50. The molecule has 0 radical (unpaired) electrons. The van der Waals surface area contributed by atoms with Crippen molar-refractivity contribution >= 4 is 29.0 Å². The minimum atomic E-state index is -5.08. The molecule has 13 heteroatoms. The predicted octanol–water partition coefficient (Wildman–Crippen LogP) is 4.60. The highest BCUT2D eigenvalue weighted by Crippen LogP contribution is 2.34. The highest BCUT2D eigenvalue weighted by atomic mass is 19.4. The molecule has 4 aromatic rings. The van der Waals surface area contributed by atoms with Crippen molar-refractivity contribution in [3.63, 3.8) is 0 Å². The van der Waals surface area contributed by atoms with Crippen LogP contribution >= 0.6 is 0 Å². The Labute approximate surface area is 226 Å². The van der Waals surface area contributed by atoms with Crippen LogP contribution in [0.4, 0.5) is 18.9 Å². The molecule has 1 unspecified atom stereocenters. The summed E-state index contributed by atoms with van der Waals surface area (Å²) < 4.78 is 38.9. The van der Waals surface area contributed by atoms with Crippen LogP contribution < -0.4 is 10.1 Å². The van der Waals surface area contributed by atoms with Crippen LogP contribution in [0, 0.1) is 0 Å². The van der Waals surface area contributed by atoms with Crippen molar-refractivity contribution in [2.45, 2.75) is 25.1 Å². The molecular weight excluding hydrogens is 531 g/mol. The zero-order valence-corrected chi connectivity index (χ0v) is 21.1. The Bertz CT molecular complexity index is 1520. The van der Waals surface area contributed by atoms with Crippen molar-refractivity contribution in [2.75, 3.05) is 19.0 Å². The molecule has 1 aliphatic rings. The first-order chi connectivity index (χ1) is 19.1. The molecule has 0 saturated carbocycles. The first kappa shape index (κ1) is 28.1. The van der Waals surface area contributed by atoms with E-state index in [2.05, 4.69) is 10.3 Å². The normalized spacial score (nSPS) is 14.8. The third kappa shape index (κ3) is 6.03. The van der Waals surface area contributed by atoms with Gasteiger partial charge in [0.05, 0.1) is 18.7 Å². The van der Waals surface area contributed by atoms with Gasteiger partial charge in [-0.25, -0.2) is 14.8 Å². The summed E-state index contributed by atoms with van der Waals surface area (Å²) >= 11 is 0. The van der Waals surface area contributed by atoms with Crippen molar-refractivity contribution in [1.82, 2.24) is 19.3 Å². The lowest BCUT2D eigenvalue weighted by atomic mass is 10.1. The van der Waals surface area contributed by atoms with Gasteiger partial charge in [-0.1, -0.05) is 24.3 Å². The monoisotopic (exact) mass is 555 g/mol. The highest BCUT2D eigenvalue weighted by molar-refractivity contribution is 6.08. The smallest absolute Gasteiger partial charge is 0.480 e. The Kier molecular flexibility index (Phi) is 8.31. The minimum Gasteiger partial charge on any atom is -0.480 e. The number of carboxylic acids is 1. The second-order valence-electron chi connectivity index (χ2n) is 8.61. The van der Waals surface area contributed by atoms with Crippen molar-refractivity contribution in [2.24, 2.45) is 0 Å². The van der Waals surface area contributed by atoms with Crippen LogP contribution in [-0.2, 0) is 4.79 Å². The molecule has 0 spiro atoms. The van der Waals surface area contributed by atoms with E-state index in [9.17, 15) is 22.8 Å². The van der Waals surface area contributed by atoms with E-state index in [1.807, 2.05) is 64.0 Å². The van der Waals surface area contributed by atoms with Crippen LogP contribution in [0.2, 0.25) is 0 Å². The van der Waals surface area contributed by atoms with Crippen LogP contribution in [0.1, 0.15) is 45.6 Å². The molecule has 1 aliphatic heterocycles. The topological polar surface area (TPSA) is 126 Å². The maximum absolute atomic E-state index is 13.2. The standard InChI is InChI=1S/C25H23N5O3.C2HF3O2/c1-33-24-18(11-7-14-26-24)27-23(31)21-19-12-5-6-15-29(19)22(28-21)20-13-8-16-30(20)25(32)17-9-3-2-4-10-17;3-2(4,5)1(6)7/h2-7,9-12,14-15,20H,8,13,16H2,1H3,(H,27,31);(H,6,7). The average Bonchev–Trinajstić information content (AvgIpc) is 3.58. The van der Waals surface area contributed by atoms with Gasteiger partial charge in [0.15, 0.2) is 5.69 Å². The van der Waals surface area contributed by atoms with Crippen LogP contribution in [0.3, 0.4) is 0 Å². The Balaban J connectivity index is 0.000000470. The number of imidazole rings is 1. The van der Waals surface area contributed by atoms with E-state index in [-0.39, 0.29) is 23.6 Å². The number of likely N-dealkylation sites (tertiary alicyclic amines) is 1. The number of fused-ring (bicyclic) bond motifs is 1. The summed E-state index contributed by atoms with van der Waals surface area (Å²) in [6.07, 6.45) is 0.0447. The van der Waals surface area contributed by atoms with Gasteiger partial charge in [-0.2, -0.15) is 13.2 Å². The molecule has 1 saturated heterocycles. The number of nitrogens with zero attached hydrogens (tertiary/aromatic N) is 4. The van der Waals surface area contributed by atoms with E-state index in [1.54, 1.807) is 18.3 Å². The number of rotatable bonds is 5. The molecule has 1 atom stereocenters. The van der Waals surface area contributed by atoms with Crippen molar-refractivity contribution in [3.8, 4) is 5.88 Å². The number of benzene rings is 1. The number of ether oxygens (including phenoxy) is 1. The van der Waals surface area contributed by atoms with E-state index in [1.165, 1.54) is 7.11 Å². The summed E-state index contributed by atoms with van der Waals surface area (Å²) in [6.45, 7) is 0.647. The van der Waals surface area contributed by atoms with Gasteiger partial charge in [-0.15, -0.1) is 0 Å². The van der Waals surface area contributed by atoms with Gasteiger partial charge in [0, 0.05) is 24.5 Å². The number of carboxylic acid groups (broad SMARTS) is 1. The fraction of sp³-hybridized carbons (Fsp3) is 0.222.